The van der Waals surface area contributed by atoms with E-state index in [2.05, 4.69) is 80.5 Å². The molecule has 3 nitrogen and oxygen atoms in total. The van der Waals surface area contributed by atoms with Crippen molar-refractivity contribution in [1.29, 1.82) is 0 Å². The van der Waals surface area contributed by atoms with Crippen LogP contribution in [-0.2, 0) is 16.6 Å². The zero-order valence-corrected chi connectivity index (χ0v) is 30.5. The molecule has 2 N–H and O–H groups in total. The molecule has 42 heavy (non-hydrogen) atoms. The van der Waals surface area contributed by atoms with Gasteiger partial charge in [-0.25, -0.2) is 0 Å². The molecule has 4 heteroatoms. The van der Waals surface area contributed by atoms with Crippen LogP contribution in [0, 0.1) is 63.9 Å². The number of H-pyrrole nitrogens is 1. The Balaban J connectivity index is 0.000000451. The molecule has 5 rings (SSSR count). The van der Waals surface area contributed by atoms with Gasteiger partial charge in [-0.2, -0.15) is 18.2 Å². The van der Waals surface area contributed by atoms with Crippen LogP contribution in [-0.4, -0.2) is 17.4 Å². The molecule has 0 bridgehead atoms. The van der Waals surface area contributed by atoms with Gasteiger partial charge in [0.1, 0.15) is 0 Å². The van der Waals surface area contributed by atoms with Crippen molar-refractivity contribution in [3.05, 3.63) is 151 Å². The van der Waals surface area contributed by atoms with Gasteiger partial charge in [-0.3, -0.25) is 4.79 Å². The second-order valence-electron chi connectivity index (χ2n) is 11.2. The maximum atomic E-state index is 13.0. The second-order valence-corrected chi connectivity index (χ2v) is 11.2. The van der Waals surface area contributed by atoms with Gasteiger partial charge in [-0.1, -0.05) is 141 Å². The SMILES string of the molecule is CC(C)(C(=O)NCCc1c[nH]c2cc[c-]cc12)C(C)(C)c1ccccc1.Cc1ccccc1.Cc1ccccc1.[CH3-].[U+2]. The third-order valence-corrected chi connectivity index (χ3v) is 7.80. The van der Waals surface area contributed by atoms with E-state index in [9.17, 15) is 4.79 Å². The number of fused-ring (bicyclic) bond motifs is 1. The number of carbonyl (C=O) groups excluding carboxylic acids is 1. The summed E-state index contributed by atoms with van der Waals surface area (Å²) in [7, 11) is 0. The summed E-state index contributed by atoms with van der Waals surface area (Å²) >= 11 is 0. The molecule has 0 spiro atoms. The van der Waals surface area contributed by atoms with Crippen LogP contribution in [0.1, 0.15) is 49.9 Å². The third-order valence-electron chi connectivity index (χ3n) is 7.80. The number of nitrogens with one attached hydrogen (secondary N) is 2. The average molecular weight is 785 g/mol. The Labute approximate surface area is 277 Å². The molecule has 218 valence electrons. The fourth-order valence-corrected chi connectivity index (χ4v) is 4.37. The number of amides is 1. The van der Waals surface area contributed by atoms with Gasteiger partial charge in [0.25, 0.3) is 0 Å². The Morgan fingerprint density at radius 3 is 1.76 bits per heavy atom. The van der Waals surface area contributed by atoms with Crippen molar-refractivity contribution < 1.29 is 35.9 Å². The van der Waals surface area contributed by atoms with Crippen molar-refractivity contribution in [2.45, 2.75) is 53.4 Å². The first-order valence-corrected chi connectivity index (χ1v) is 14.0. The molecule has 0 aliphatic carbocycles. The van der Waals surface area contributed by atoms with Crippen molar-refractivity contribution in [3.8, 4) is 0 Å². The molecule has 4 aromatic carbocycles. The first-order chi connectivity index (χ1) is 19.1. The fraction of sp³-hybridized carbons (Fsp3) is 0.263. The first-order valence-electron chi connectivity index (χ1n) is 14.0. The van der Waals surface area contributed by atoms with E-state index in [1.807, 2.05) is 92.8 Å². The Kier molecular flexibility index (Phi) is 15.7. The smallest absolute Gasteiger partial charge is 0.384 e. The van der Waals surface area contributed by atoms with Crippen LogP contribution >= 0.6 is 0 Å². The Hall–Kier alpha value is -3.06. The van der Waals surface area contributed by atoms with Crippen molar-refractivity contribution in [3.63, 3.8) is 0 Å². The quantitative estimate of drug-likeness (QED) is 0.166. The molecule has 0 saturated heterocycles. The van der Waals surface area contributed by atoms with E-state index >= 15 is 0 Å². The van der Waals surface area contributed by atoms with Gasteiger partial charge in [0, 0.05) is 12.0 Å². The summed E-state index contributed by atoms with van der Waals surface area (Å²) in [6.45, 7) is 13.1. The molecule has 0 unspecified atom stereocenters. The maximum absolute atomic E-state index is 13.0. The van der Waals surface area contributed by atoms with Crippen molar-refractivity contribution in [1.82, 2.24) is 10.3 Å². The van der Waals surface area contributed by atoms with E-state index in [0.29, 0.717) is 6.54 Å². The van der Waals surface area contributed by atoms with Crippen LogP contribution in [0.3, 0.4) is 0 Å². The average Bonchev–Trinajstić information content (AvgIpc) is 3.38. The molecule has 0 aliphatic heterocycles. The largest absolute Gasteiger partial charge is 2.00 e. The molecular formula is C38H46N2OU. The van der Waals surface area contributed by atoms with Gasteiger partial charge in [0.15, 0.2) is 0 Å². The normalized spacial score (nSPS) is 10.5. The topological polar surface area (TPSA) is 44.9 Å². The van der Waals surface area contributed by atoms with Gasteiger partial charge in [0.05, 0.1) is 5.41 Å². The van der Waals surface area contributed by atoms with Gasteiger partial charge in [-0.15, -0.1) is 11.5 Å². The molecule has 1 aromatic heterocycles. The Morgan fingerprint density at radius 2 is 1.29 bits per heavy atom. The Morgan fingerprint density at radius 1 is 0.786 bits per heavy atom. The van der Waals surface area contributed by atoms with E-state index in [0.717, 1.165) is 11.9 Å². The number of aromatic amines is 1. The summed E-state index contributed by atoms with van der Waals surface area (Å²) in [5.74, 6) is 0.0813. The number of carbonyl (C=O) groups is 1. The van der Waals surface area contributed by atoms with Gasteiger partial charge in [-0.05, 0) is 32.0 Å². The van der Waals surface area contributed by atoms with Gasteiger partial charge < -0.3 is 17.7 Å². The summed E-state index contributed by atoms with van der Waals surface area (Å²) in [6, 6.07) is 39.8. The summed E-state index contributed by atoms with van der Waals surface area (Å²) in [5, 5.41) is 4.31. The van der Waals surface area contributed by atoms with E-state index in [-0.39, 0.29) is 49.9 Å². The third kappa shape index (κ3) is 10.3. The minimum Gasteiger partial charge on any atom is -0.384 e. The van der Waals surface area contributed by atoms with E-state index in [4.69, 9.17) is 0 Å². The van der Waals surface area contributed by atoms with Gasteiger partial charge >= 0.3 is 31.1 Å². The minimum atomic E-state index is -0.525. The van der Waals surface area contributed by atoms with Crippen LogP contribution in [0.4, 0.5) is 0 Å². The van der Waals surface area contributed by atoms with Crippen LogP contribution in [0.5, 0.6) is 0 Å². The molecule has 0 fully saturated rings. The zero-order chi connectivity index (χ0) is 29.0. The summed E-state index contributed by atoms with van der Waals surface area (Å²) in [5.41, 5.74) is 5.33. The van der Waals surface area contributed by atoms with Crippen LogP contribution < -0.4 is 5.32 Å². The van der Waals surface area contributed by atoms with Crippen molar-refractivity contribution in [2.75, 3.05) is 6.54 Å². The zero-order valence-electron chi connectivity index (χ0n) is 26.3. The Bertz CT molecular complexity index is 1400. The summed E-state index contributed by atoms with van der Waals surface area (Å²) < 4.78 is 0. The fourth-order valence-electron chi connectivity index (χ4n) is 4.37. The molecule has 0 aliphatic rings. The number of hydrogen-bond donors (Lipinski definition) is 2. The number of benzene rings is 4. The number of hydrogen-bond acceptors (Lipinski definition) is 1. The summed E-state index contributed by atoms with van der Waals surface area (Å²) in [4.78, 5) is 16.2. The second kappa shape index (κ2) is 17.8. The van der Waals surface area contributed by atoms with E-state index < -0.39 is 5.41 Å². The molecule has 5 aromatic rings. The molecule has 0 radical (unpaired) electrons. The monoisotopic (exact) mass is 784 g/mol. The van der Waals surface area contributed by atoms with Crippen LogP contribution in [0.25, 0.3) is 10.9 Å². The predicted octanol–water partition coefficient (Wildman–Crippen LogP) is 9.07. The minimum absolute atomic E-state index is 0. The number of aryl methyl sites for hydroxylation is 2. The number of aromatic nitrogens is 1. The predicted molar refractivity (Wildman–Crippen MR) is 176 cm³/mol. The van der Waals surface area contributed by atoms with Crippen LogP contribution in [0.2, 0.25) is 0 Å². The summed E-state index contributed by atoms with van der Waals surface area (Å²) in [6.07, 6.45) is 2.81. The number of rotatable bonds is 6. The van der Waals surface area contributed by atoms with E-state index in [1.54, 1.807) is 0 Å². The molecular weight excluding hydrogens is 738 g/mol. The van der Waals surface area contributed by atoms with Crippen LogP contribution in [0.15, 0.2) is 115 Å². The molecule has 0 atom stereocenters. The van der Waals surface area contributed by atoms with Gasteiger partial charge in [0.2, 0.25) is 5.91 Å². The van der Waals surface area contributed by atoms with E-state index in [1.165, 1.54) is 27.6 Å². The molecule has 0 saturated carbocycles. The van der Waals surface area contributed by atoms with Crippen molar-refractivity contribution >= 4 is 16.8 Å². The maximum Gasteiger partial charge on any atom is 2.00 e. The van der Waals surface area contributed by atoms with Crippen molar-refractivity contribution in [2.24, 2.45) is 5.41 Å². The first kappa shape index (κ1) is 37.0. The standard InChI is InChI=1S/C23H27N2O.2C7H8.CH3.U/c1-22(2,18-10-6-5-7-11-18)23(3,4)21(26)24-15-14-17-16-25-20-13-9-8-12-19(17)20;2*1-7-5-3-2-4-6-7;;/h5-7,9-13,16,25H,14-15H2,1-4H3,(H,24,26);2*2-6H,1H3;1H3;/q-1;;;-1;+2. The molecule has 1 heterocycles. The molecule has 1 amide bonds.